The van der Waals surface area contributed by atoms with Gasteiger partial charge in [-0.05, 0) is 25.5 Å². The zero-order valence-electron chi connectivity index (χ0n) is 16.0. The van der Waals surface area contributed by atoms with Crippen LogP contribution in [0.1, 0.15) is 42.0 Å². The van der Waals surface area contributed by atoms with Crippen molar-refractivity contribution in [3.05, 3.63) is 41.3 Å². The first-order chi connectivity index (χ1) is 13.6. The van der Waals surface area contributed by atoms with E-state index in [1.54, 1.807) is 13.8 Å². The average Bonchev–Trinajstić information content (AvgIpc) is 2.65. The Labute approximate surface area is 164 Å². The third-order valence-electron chi connectivity index (χ3n) is 3.67. The monoisotopic (exact) mass is 411 g/mol. The molecule has 0 aliphatic heterocycles. The highest BCUT2D eigenvalue weighted by Gasteiger charge is 2.38. The molecule has 0 radical (unpaired) electrons. The Morgan fingerprint density at radius 3 is 2.55 bits per heavy atom. The van der Waals surface area contributed by atoms with Crippen LogP contribution in [-0.4, -0.2) is 39.0 Å². The second kappa shape index (κ2) is 9.30. The summed E-state index contributed by atoms with van der Waals surface area (Å²) in [6.45, 7) is 4.29. The molecule has 0 aliphatic carbocycles. The molecule has 0 spiro atoms. The number of alkyl halides is 3. The molecule has 2 heterocycles. The molecule has 156 valence electrons. The molecule has 1 atom stereocenters. The summed E-state index contributed by atoms with van der Waals surface area (Å²) in [4.78, 5) is 35.6. The number of carbonyl (C=O) groups is 2. The minimum absolute atomic E-state index is 0.0314. The first kappa shape index (κ1) is 22.1. The fraction of sp³-hybridized carbons (Fsp3) is 0.389. The fourth-order valence-electron chi connectivity index (χ4n) is 2.06. The van der Waals surface area contributed by atoms with Gasteiger partial charge >= 0.3 is 6.18 Å². The van der Waals surface area contributed by atoms with Crippen LogP contribution in [0.4, 0.5) is 19.1 Å². The molecule has 29 heavy (non-hydrogen) atoms. The van der Waals surface area contributed by atoms with Crippen molar-refractivity contribution in [2.45, 2.75) is 46.0 Å². The first-order valence-electron chi connectivity index (χ1n) is 8.70. The van der Waals surface area contributed by atoms with Gasteiger partial charge < -0.3 is 10.1 Å². The number of amides is 2. The number of ether oxygens (including phenoxy) is 1. The number of anilines is 1. The largest absolute Gasteiger partial charge is 0.465 e. The Hall–Kier alpha value is -3.24. The normalized spacial score (nSPS) is 12.2. The van der Waals surface area contributed by atoms with Crippen LogP contribution < -0.4 is 15.4 Å². The second-order valence-corrected chi connectivity index (χ2v) is 6.11. The van der Waals surface area contributed by atoms with Crippen LogP contribution in [0.15, 0.2) is 24.4 Å². The number of rotatable bonds is 7. The van der Waals surface area contributed by atoms with Crippen molar-refractivity contribution in [2.75, 3.05) is 5.32 Å². The van der Waals surface area contributed by atoms with Crippen molar-refractivity contribution < 1.29 is 27.5 Å². The van der Waals surface area contributed by atoms with Crippen molar-refractivity contribution in [1.29, 1.82) is 0 Å². The van der Waals surface area contributed by atoms with Crippen LogP contribution in [0.3, 0.4) is 0 Å². The molecule has 11 heteroatoms. The van der Waals surface area contributed by atoms with Gasteiger partial charge in [0.25, 0.3) is 5.91 Å². The SMILES string of the molecule is CCC(=O)Nc1nc(C)cc(C(=O)NCc2ccc(O[C@H](C)C(F)(F)F)nc2)n1. The van der Waals surface area contributed by atoms with Gasteiger partial charge in [0, 0.05) is 30.9 Å². The molecule has 2 aromatic heterocycles. The Kier molecular flexibility index (Phi) is 7.08. The molecule has 0 bridgehead atoms. The molecule has 2 rings (SSSR count). The molecule has 0 aromatic carbocycles. The highest BCUT2D eigenvalue weighted by atomic mass is 19.4. The van der Waals surface area contributed by atoms with Gasteiger partial charge in [-0.3, -0.25) is 14.9 Å². The lowest BCUT2D eigenvalue weighted by Crippen LogP contribution is -2.31. The van der Waals surface area contributed by atoms with Gasteiger partial charge in [-0.25, -0.2) is 15.0 Å². The molecule has 0 saturated heterocycles. The van der Waals surface area contributed by atoms with Crippen LogP contribution >= 0.6 is 0 Å². The molecule has 0 unspecified atom stereocenters. The quantitative estimate of drug-likeness (QED) is 0.726. The summed E-state index contributed by atoms with van der Waals surface area (Å²) >= 11 is 0. The smallest absolute Gasteiger partial charge is 0.425 e. The number of hydrogen-bond acceptors (Lipinski definition) is 6. The van der Waals surface area contributed by atoms with E-state index in [0.29, 0.717) is 11.3 Å². The van der Waals surface area contributed by atoms with E-state index < -0.39 is 18.2 Å². The van der Waals surface area contributed by atoms with Crippen LogP contribution in [0.5, 0.6) is 5.88 Å². The Balaban J connectivity index is 1.98. The Bertz CT molecular complexity index is 872. The molecule has 8 nitrogen and oxygen atoms in total. The molecular formula is C18H20F3N5O3. The number of carbonyl (C=O) groups excluding carboxylic acids is 2. The number of hydrogen-bond donors (Lipinski definition) is 2. The molecule has 2 amide bonds. The highest BCUT2D eigenvalue weighted by molar-refractivity contribution is 5.93. The lowest BCUT2D eigenvalue weighted by Gasteiger charge is -2.16. The van der Waals surface area contributed by atoms with Gasteiger partial charge in [-0.1, -0.05) is 13.0 Å². The average molecular weight is 411 g/mol. The summed E-state index contributed by atoms with van der Waals surface area (Å²) < 4.78 is 42.2. The zero-order valence-corrected chi connectivity index (χ0v) is 16.0. The van der Waals surface area contributed by atoms with E-state index in [2.05, 4.69) is 25.6 Å². The van der Waals surface area contributed by atoms with E-state index in [0.717, 1.165) is 6.92 Å². The number of nitrogens with one attached hydrogen (secondary N) is 2. The summed E-state index contributed by atoms with van der Waals surface area (Å²) in [5.74, 6) is -0.930. The third-order valence-corrected chi connectivity index (χ3v) is 3.67. The molecule has 2 N–H and O–H groups in total. The summed E-state index contributed by atoms with van der Waals surface area (Å²) in [7, 11) is 0. The minimum atomic E-state index is -4.49. The van der Waals surface area contributed by atoms with E-state index in [1.165, 1.54) is 24.4 Å². The maximum atomic E-state index is 12.5. The maximum Gasteiger partial charge on any atom is 0.425 e. The lowest BCUT2D eigenvalue weighted by atomic mass is 10.2. The number of halogens is 3. The number of aryl methyl sites for hydroxylation is 1. The van der Waals surface area contributed by atoms with Crippen LogP contribution in [0, 0.1) is 6.92 Å². The van der Waals surface area contributed by atoms with Gasteiger partial charge in [0.2, 0.25) is 17.7 Å². The van der Waals surface area contributed by atoms with Gasteiger partial charge in [0.1, 0.15) is 5.69 Å². The number of pyridine rings is 1. The van der Waals surface area contributed by atoms with Crippen molar-refractivity contribution in [3.63, 3.8) is 0 Å². The number of nitrogens with zero attached hydrogens (tertiary/aromatic N) is 3. The van der Waals surface area contributed by atoms with E-state index in [1.807, 2.05) is 0 Å². The predicted octanol–water partition coefficient (Wildman–Crippen LogP) is 2.79. The topological polar surface area (TPSA) is 106 Å². The lowest BCUT2D eigenvalue weighted by molar-refractivity contribution is -0.189. The summed E-state index contributed by atoms with van der Waals surface area (Å²) in [6, 6.07) is 4.24. The molecule has 0 saturated carbocycles. The fourth-order valence-corrected chi connectivity index (χ4v) is 2.06. The third kappa shape index (κ3) is 6.70. The maximum absolute atomic E-state index is 12.5. The molecular weight excluding hydrogens is 391 g/mol. The minimum Gasteiger partial charge on any atom is -0.465 e. The van der Waals surface area contributed by atoms with E-state index in [4.69, 9.17) is 4.74 Å². The van der Waals surface area contributed by atoms with Crippen LogP contribution in [0.25, 0.3) is 0 Å². The highest BCUT2D eigenvalue weighted by Crippen LogP contribution is 2.23. The van der Waals surface area contributed by atoms with Crippen molar-refractivity contribution in [3.8, 4) is 5.88 Å². The second-order valence-electron chi connectivity index (χ2n) is 6.11. The summed E-state index contributed by atoms with van der Waals surface area (Å²) in [5.41, 5.74) is 1.12. The summed E-state index contributed by atoms with van der Waals surface area (Å²) in [6.07, 6.45) is -4.92. The van der Waals surface area contributed by atoms with E-state index >= 15 is 0 Å². The van der Waals surface area contributed by atoms with E-state index in [9.17, 15) is 22.8 Å². The molecule has 2 aromatic rings. The molecule has 0 fully saturated rings. The first-order valence-corrected chi connectivity index (χ1v) is 8.70. The summed E-state index contributed by atoms with van der Waals surface area (Å²) in [5, 5.41) is 5.11. The Morgan fingerprint density at radius 2 is 1.97 bits per heavy atom. The van der Waals surface area contributed by atoms with E-state index in [-0.39, 0.29) is 36.4 Å². The zero-order chi connectivity index (χ0) is 21.6. The van der Waals surface area contributed by atoms with Crippen LogP contribution in [0.2, 0.25) is 0 Å². The van der Waals surface area contributed by atoms with Gasteiger partial charge in [-0.2, -0.15) is 13.2 Å². The van der Waals surface area contributed by atoms with Gasteiger partial charge in [0.05, 0.1) is 0 Å². The van der Waals surface area contributed by atoms with Crippen molar-refractivity contribution >= 4 is 17.8 Å². The van der Waals surface area contributed by atoms with Crippen LogP contribution in [-0.2, 0) is 11.3 Å². The predicted molar refractivity (Wildman–Crippen MR) is 97.2 cm³/mol. The van der Waals surface area contributed by atoms with Crippen molar-refractivity contribution in [1.82, 2.24) is 20.3 Å². The standard InChI is InChI=1S/C18H20F3N5O3/c1-4-14(27)26-17-24-10(2)7-13(25-17)16(28)23-9-12-5-6-15(22-8-12)29-11(3)18(19,20)21/h5-8,11H,4,9H2,1-3H3,(H,23,28)(H,24,25,26,27)/t11-/m1/s1. The van der Waals surface area contributed by atoms with Gasteiger partial charge in [-0.15, -0.1) is 0 Å². The van der Waals surface area contributed by atoms with Crippen molar-refractivity contribution in [2.24, 2.45) is 0 Å². The van der Waals surface area contributed by atoms with Gasteiger partial charge in [0.15, 0.2) is 6.10 Å². The Morgan fingerprint density at radius 1 is 1.24 bits per heavy atom. The number of aromatic nitrogens is 3. The molecule has 0 aliphatic rings.